The maximum atomic E-state index is 13.2. The molecule has 1 unspecified atom stereocenters. The topological polar surface area (TPSA) is 20.2 Å². The molecule has 0 fully saturated rings. The van der Waals surface area contributed by atoms with Crippen LogP contribution in [0.25, 0.3) is 0 Å². The van der Waals surface area contributed by atoms with Crippen LogP contribution >= 0.6 is 15.9 Å². The third-order valence-corrected chi connectivity index (χ3v) is 2.86. The van der Waals surface area contributed by atoms with Crippen molar-refractivity contribution in [1.82, 2.24) is 0 Å². The molecule has 0 aliphatic heterocycles. The highest BCUT2D eigenvalue weighted by molar-refractivity contribution is 9.10. The van der Waals surface area contributed by atoms with Crippen molar-refractivity contribution in [2.45, 2.75) is 6.10 Å². The van der Waals surface area contributed by atoms with Gasteiger partial charge in [0.2, 0.25) is 0 Å². The molecule has 0 aliphatic carbocycles. The van der Waals surface area contributed by atoms with Crippen LogP contribution in [0.3, 0.4) is 0 Å². The summed E-state index contributed by atoms with van der Waals surface area (Å²) in [5, 5.41) is 9.97. The standard InChI is InChI=1S/C13H8BrF3O/c14-9-1-7(2-10(15)5-9)13(18)8-3-11(16)6-12(17)4-8/h1-6,13,18H. The Morgan fingerprint density at radius 3 is 1.72 bits per heavy atom. The van der Waals surface area contributed by atoms with E-state index in [2.05, 4.69) is 15.9 Å². The summed E-state index contributed by atoms with van der Waals surface area (Å²) in [5.41, 5.74) is 0.247. The Kier molecular flexibility index (Phi) is 3.73. The van der Waals surface area contributed by atoms with E-state index in [1.807, 2.05) is 0 Å². The molecule has 1 nitrogen and oxygen atoms in total. The Balaban J connectivity index is 2.43. The summed E-state index contributed by atoms with van der Waals surface area (Å²) in [7, 11) is 0. The van der Waals surface area contributed by atoms with Crippen LogP contribution in [0, 0.1) is 17.5 Å². The summed E-state index contributed by atoms with van der Waals surface area (Å²) >= 11 is 3.08. The molecule has 0 heterocycles. The fraction of sp³-hybridized carbons (Fsp3) is 0.0769. The minimum Gasteiger partial charge on any atom is -0.384 e. The average Bonchev–Trinajstić information content (AvgIpc) is 2.25. The van der Waals surface area contributed by atoms with E-state index in [9.17, 15) is 18.3 Å². The lowest BCUT2D eigenvalue weighted by Gasteiger charge is -2.12. The largest absolute Gasteiger partial charge is 0.384 e. The molecule has 0 saturated heterocycles. The van der Waals surface area contributed by atoms with E-state index in [-0.39, 0.29) is 11.1 Å². The monoisotopic (exact) mass is 316 g/mol. The highest BCUT2D eigenvalue weighted by Gasteiger charge is 2.14. The Morgan fingerprint density at radius 2 is 1.22 bits per heavy atom. The normalized spacial score (nSPS) is 12.5. The lowest BCUT2D eigenvalue weighted by atomic mass is 10.0. The molecule has 0 amide bonds. The van der Waals surface area contributed by atoms with E-state index in [1.54, 1.807) is 0 Å². The molecule has 1 atom stereocenters. The van der Waals surface area contributed by atoms with Gasteiger partial charge in [0.05, 0.1) is 0 Å². The number of aliphatic hydroxyl groups excluding tert-OH is 1. The summed E-state index contributed by atoms with van der Waals surface area (Å²) in [6, 6.07) is 6.54. The lowest BCUT2D eigenvalue weighted by molar-refractivity contribution is 0.218. The van der Waals surface area contributed by atoms with Crippen molar-refractivity contribution >= 4 is 15.9 Å². The minimum atomic E-state index is -1.29. The molecule has 0 saturated carbocycles. The second kappa shape index (κ2) is 5.12. The zero-order valence-electron chi connectivity index (χ0n) is 9.00. The third-order valence-electron chi connectivity index (χ3n) is 2.40. The Hall–Kier alpha value is -1.33. The maximum Gasteiger partial charge on any atom is 0.126 e. The summed E-state index contributed by atoms with van der Waals surface area (Å²) in [4.78, 5) is 0. The SMILES string of the molecule is OC(c1cc(F)cc(F)c1)c1cc(F)cc(Br)c1. The quantitative estimate of drug-likeness (QED) is 0.889. The first-order valence-corrected chi connectivity index (χ1v) is 5.85. The molecule has 5 heteroatoms. The van der Waals surface area contributed by atoms with Crippen LogP contribution in [0.5, 0.6) is 0 Å². The second-order valence-corrected chi connectivity index (χ2v) is 4.72. The highest BCUT2D eigenvalue weighted by atomic mass is 79.9. The predicted molar refractivity (Wildman–Crippen MR) is 64.5 cm³/mol. The van der Waals surface area contributed by atoms with Crippen LogP contribution in [-0.4, -0.2) is 5.11 Å². The van der Waals surface area contributed by atoms with Gasteiger partial charge in [0.1, 0.15) is 23.6 Å². The summed E-state index contributed by atoms with van der Waals surface area (Å²) in [5.74, 6) is -2.13. The Labute approximate surface area is 110 Å². The lowest BCUT2D eigenvalue weighted by Crippen LogP contribution is -2.01. The van der Waals surface area contributed by atoms with Gasteiger partial charge in [-0.05, 0) is 41.5 Å². The van der Waals surface area contributed by atoms with Crippen molar-refractivity contribution in [2.24, 2.45) is 0 Å². The van der Waals surface area contributed by atoms with Crippen molar-refractivity contribution < 1.29 is 18.3 Å². The first kappa shape index (κ1) is 13.1. The molecule has 0 radical (unpaired) electrons. The molecular formula is C13H8BrF3O. The Bertz CT molecular complexity index is 494. The van der Waals surface area contributed by atoms with Crippen molar-refractivity contribution in [1.29, 1.82) is 0 Å². The number of benzene rings is 2. The van der Waals surface area contributed by atoms with Crippen molar-refractivity contribution in [3.8, 4) is 0 Å². The number of hydrogen-bond donors (Lipinski definition) is 1. The first-order chi connectivity index (χ1) is 8.45. The zero-order valence-corrected chi connectivity index (χ0v) is 10.6. The van der Waals surface area contributed by atoms with E-state index in [4.69, 9.17) is 0 Å². The number of halogens is 4. The predicted octanol–water partition coefficient (Wildman–Crippen LogP) is 3.95. The fourth-order valence-corrected chi connectivity index (χ4v) is 2.14. The zero-order chi connectivity index (χ0) is 13.3. The molecule has 1 N–H and O–H groups in total. The molecule has 2 rings (SSSR count). The molecule has 0 bridgehead atoms. The minimum absolute atomic E-state index is 0.0324. The van der Waals surface area contributed by atoms with Crippen molar-refractivity contribution in [3.05, 3.63) is 69.4 Å². The van der Waals surface area contributed by atoms with E-state index in [0.29, 0.717) is 10.5 Å². The third kappa shape index (κ3) is 2.91. The highest BCUT2D eigenvalue weighted by Crippen LogP contribution is 2.26. The average molecular weight is 317 g/mol. The van der Waals surface area contributed by atoms with Crippen molar-refractivity contribution in [3.63, 3.8) is 0 Å². The van der Waals surface area contributed by atoms with Crippen LogP contribution < -0.4 is 0 Å². The van der Waals surface area contributed by atoms with Gasteiger partial charge in [0, 0.05) is 10.5 Å². The molecule has 2 aromatic carbocycles. The molecule has 2 aromatic rings. The van der Waals surface area contributed by atoms with Gasteiger partial charge in [-0.1, -0.05) is 15.9 Å². The molecule has 18 heavy (non-hydrogen) atoms. The van der Waals surface area contributed by atoms with E-state index in [1.165, 1.54) is 12.1 Å². The maximum absolute atomic E-state index is 13.2. The molecular weight excluding hydrogens is 309 g/mol. The van der Waals surface area contributed by atoms with Gasteiger partial charge in [-0.2, -0.15) is 0 Å². The van der Waals surface area contributed by atoms with Gasteiger partial charge in [-0.15, -0.1) is 0 Å². The van der Waals surface area contributed by atoms with Crippen LogP contribution in [0.4, 0.5) is 13.2 Å². The number of hydrogen-bond acceptors (Lipinski definition) is 1. The van der Waals surface area contributed by atoms with Crippen LogP contribution in [0.1, 0.15) is 17.2 Å². The molecule has 0 aromatic heterocycles. The fourth-order valence-electron chi connectivity index (χ4n) is 1.66. The van der Waals surface area contributed by atoms with Crippen LogP contribution in [0.15, 0.2) is 40.9 Å². The van der Waals surface area contributed by atoms with Gasteiger partial charge in [-0.25, -0.2) is 13.2 Å². The van der Waals surface area contributed by atoms with Crippen LogP contribution in [-0.2, 0) is 0 Å². The smallest absolute Gasteiger partial charge is 0.126 e. The molecule has 0 aliphatic rings. The van der Waals surface area contributed by atoms with E-state index >= 15 is 0 Å². The van der Waals surface area contributed by atoms with Gasteiger partial charge in [-0.3, -0.25) is 0 Å². The molecule has 94 valence electrons. The number of rotatable bonds is 2. The van der Waals surface area contributed by atoms with Gasteiger partial charge in [0.15, 0.2) is 0 Å². The Morgan fingerprint density at radius 1 is 0.778 bits per heavy atom. The summed E-state index contributed by atoms with van der Waals surface area (Å²) in [6.07, 6.45) is -1.29. The summed E-state index contributed by atoms with van der Waals surface area (Å²) < 4.78 is 39.7. The van der Waals surface area contributed by atoms with E-state index < -0.39 is 23.6 Å². The van der Waals surface area contributed by atoms with Gasteiger partial charge >= 0.3 is 0 Å². The second-order valence-electron chi connectivity index (χ2n) is 3.81. The van der Waals surface area contributed by atoms with Crippen LogP contribution in [0.2, 0.25) is 0 Å². The van der Waals surface area contributed by atoms with Gasteiger partial charge < -0.3 is 5.11 Å². The molecule has 0 spiro atoms. The summed E-state index contributed by atoms with van der Waals surface area (Å²) in [6.45, 7) is 0. The first-order valence-electron chi connectivity index (χ1n) is 5.06. The number of aliphatic hydroxyl groups is 1. The van der Waals surface area contributed by atoms with E-state index in [0.717, 1.165) is 18.2 Å². The van der Waals surface area contributed by atoms with Gasteiger partial charge in [0.25, 0.3) is 0 Å². The van der Waals surface area contributed by atoms with Crippen molar-refractivity contribution in [2.75, 3.05) is 0 Å².